The van der Waals surface area contributed by atoms with Crippen molar-refractivity contribution in [3.05, 3.63) is 29.1 Å². The number of carboxylic acids is 1. The van der Waals surface area contributed by atoms with Crippen LogP contribution in [0.25, 0.3) is 6.08 Å². The number of amides is 1. The molecule has 0 atom stereocenters. The van der Waals surface area contributed by atoms with Gasteiger partial charge >= 0.3 is 0 Å². The molecule has 0 unspecified atom stereocenters. The van der Waals surface area contributed by atoms with Gasteiger partial charge in [0.05, 0.1) is 11.2 Å². The van der Waals surface area contributed by atoms with Crippen LogP contribution in [-0.4, -0.2) is 35.0 Å². The van der Waals surface area contributed by atoms with Crippen LogP contribution in [0.4, 0.5) is 0 Å². The Morgan fingerprint density at radius 3 is 2.86 bits per heavy atom. The van der Waals surface area contributed by atoms with E-state index in [1.54, 1.807) is 24.5 Å². The molecule has 0 saturated carbocycles. The van der Waals surface area contributed by atoms with Gasteiger partial charge in [-0.15, -0.1) is 0 Å². The van der Waals surface area contributed by atoms with Crippen LogP contribution in [0.15, 0.2) is 32.7 Å². The van der Waals surface area contributed by atoms with Gasteiger partial charge in [-0.2, -0.15) is 4.99 Å². The van der Waals surface area contributed by atoms with Gasteiger partial charge in [-0.25, -0.2) is 0 Å². The Labute approximate surface area is 125 Å². The molecule has 1 fully saturated rings. The van der Waals surface area contributed by atoms with Crippen molar-refractivity contribution in [3.8, 4) is 0 Å². The quantitative estimate of drug-likeness (QED) is 0.748. The zero-order chi connectivity index (χ0) is 14.8. The van der Waals surface area contributed by atoms with Crippen LogP contribution < -0.4 is 5.11 Å². The lowest BCUT2D eigenvalue weighted by atomic mass is 9.98. The number of furan rings is 1. The molecule has 6 nitrogen and oxygen atoms in total. The summed E-state index contributed by atoms with van der Waals surface area (Å²) in [6.45, 7) is 1.15. The Kier molecular flexibility index (Phi) is 3.83. The van der Waals surface area contributed by atoms with E-state index in [-0.39, 0.29) is 5.91 Å². The first-order chi connectivity index (χ1) is 10.1. The predicted molar refractivity (Wildman–Crippen MR) is 76.0 cm³/mol. The second kappa shape index (κ2) is 5.77. The first kappa shape index (κ1) is 13.9. The molecule has 7 heteroatoms. The molecule has 3 heterocycles. The number of carbonyl (C=O) groups is 2. The lowest BCUT2D eigenvalue weighted by Gasteiger charge is -2.32. The Bertz CT molecular complexity index is 613. The minimum atomic E-state index is -0.995. The molecule has 2 aliphatic rings. The standard InChI is InChI=1S/C14H14N2O4S/c17-12-11(8-10-2-1-7-20-10)21-14(15-12)16-5-3-9(4-6-16)13(18)19/h1-2,7-9H,3-6H2,(H,18,19)/p-1/b11-8+. The zero-order valence-electron chi connectivity index (χ0n) is 11.2. The lowest BCUT2D eigenvalue weighted by Crippen LogP contribution is -2.42. The van der Waals surface area contributed by atoms with Crippen LogP contribution in [0.5, 0.6) is 0 Å². The highest BCUT2D eigenvalue weighted by Gasteiger charge is 2.29. The van der Waals surface area contributed by atoms with E-state index in [2.05, 4.69) is 4.99 Å². The lowest BCUT2D eigenvalue weighted by molar-refractivity contribution is -0.312. The number of aliphatic carboxylic acids is 1. The van der Waals surface area contributed by atoms with Gasteiger partial charge in [0.2, 0.25) is 0 Å². The summed E-state index contributed by atoms with van der Waals surface area (Å²) in [5, 5.41) is 11.5. The van der Waals surface area contributed by atoms with E-state index in [1.807, 2.05) is 4.90 Å². The molecule has 1 aromatic heterocycles. The van der Waals surface area contributed by atoms with Crippen molar-refractivity contribution in [1.29, 1.82) is 0 Å². The molecule has 0 N–H and O–H groups in total. The van der Waals surface area contributed by atoms with Crippen molar-refractivity contribution in [3.63, 3.8) is 0 Å². The van der Waals surface area contributed by atoms with Gasteiger partial charge < -0.3 is 19.2 Å². The molecule has 0 radical (unpaired) electrons. The normalized spacial score (nSPS) is 21.9. The van der Waals surface area contributed by atoms with E-state index in [1.165, 1.54) is 11.8 Å². The molecule has 2 aliphatic heterocycles. The van der Waals surface area contributed by atoms with Crippen LogP contribution in [-0.2, 0) is 9.59 Å². The number of hydrogen-bond donors (Lipinski definition) is 0. The van der Waals surface area contributed by atoms with Crippen molar-refractivity contribution >= 4 is 34.9 Å². The van der Waals surface area contributed by atoms with Crippen LogP contribution in [0.2, 0.25) is 0 Å². The molecule has 0 spiro atoms. The van der Waals surface area contributed by atoms with Crippen LogP contribution in [0.3, 0.4) is 0 Å². The van der Waals surface area contributed by atoms with Crippen molar-refractivity contribution in [2.45, 2.75) is 12.8 Å². The highest BCUT2D eigenvalue weighted by atomic mass is 32.2. The van der Waals surface area contributed by atoms with Gasteiger partial charge in [0, 0.05) is 31.1 Å². The van der Waals surface area contributed by atoms with E-state index in [0.29, 0.717) is 41.8 Å². The number of hydrogen-bond acceptors (Lipinski definition) is 6. The molecular formula is C14H13N2O4S-. The number of amidine groups is 1. The smallest absolute Gasteiger partial charge is 0.286 e. The maximum atomic E-state index is 11.9. The average Bonchev–Trinajstić information content (AvgIpc) is 3.10. The fourth-order valence-corrected chi connectivity index (χ4v) is 3.29. The molecular weight excluding hydrogens is 292 g/mol. The Hall–Kier alpha value is -2.02. The Morgan fingerprint density at radius 1 is 1.48 bits per heavy atom. The highest BCUT2D eigenvalue weighted by molar-refractivity contribution is 8.18. The van der Waals surface area contributed by atoms with Crippen LogP contribution >= 0.6 is 11.8 Å². The third-order valence-corrected chi connectivity index (χ3v) is 4.57. The van der Waals surface area contributed by atoms with Gasteiger partial charge in [-0.1, -0.05) is 0 Å². The second-order valence-corrected chi connectivity index (χ2v) is 5.92. The zero-order valence-corrected chi connectivity index (χ0v) is 12.0. The topological polar surface area (TPSA) is 85.9 Å². The van der Waals surface area contributed by atoms with Crippen LogP contribution in [0, 0.1) is 5.92 Å². The number of carbonyl (C=O) groups excluding carboxylic acids is 2. The van der Waals surface area contributed by atoms with Gasteiger partial charge in [0.1, 0.15) is 5.76 Å². The largest absolute Gasteiger partial charge is 0.550 e. The molecule has 21 heavy (non-hydrogen) atoms. The maximum Gasteiger partial charge on any atom is 0.286 e. The molecule has 110 valence electrons. The molecule has 3 rings (SSSR count). The third-order valence-electron chi connectivity index (χ3n) is 3.52. The summed E-state index contributed by atoms with van der Waals surface area (Å²) in [4.78, 5) is 29.2. The van der Waals surface area contributed by atoms with Crippen molar-refractivity contribution < 1.29 is 19.1 Å². The maximum absolute atomic E-state index is 11.9. The Balaban J connectivity index is 1.65. The van der Waals surface area contributed by atoms with Crippen molar-refractivity contribution in [2.75, 3.05) is 13.1 Å². The van der Waals surface area contributed by atoms with E-state index < -0.39 is 11.9 Å². The van der Waals surface area contributed by atoms with Gasteiger partial charge in [0.15, 0.2) is 5.17 Å². The molecule has 0 bridgehead atoms. The molecule has 1 aromatic rings. The van der Waals surface area contributed by atoms with E-state index in [4.69, 9.17) is 4.42 Å². The highest BCUT2D eigenvalue weighted by Crippen LogP contribution is 2.32. The SMILES string of the molecule is O=C1N=C(N2CCC(C(=O)[O-])CC2)S/C1=C/c1ccco1. The Morgan fingerprint density at radius 2 is 2.24 bits per heavy atom. The summed E-state index contributed by atoms with van der Waals surface area (Å²) < 4.78 is 5.19. The summed E-state index contributed by atoms with van der Waals surface area (Å²) in [5.74, 6) is -1.07. The number of aliphatic imine (C=N–C) groups is 1. The van der Waals surface area contributed by atoms with Gasteiger partial charge in [0.25, 0.3) is 5.91 Å². The van der Waals surface area contributed by atoms with Crippen molar-refractivity contribution in [2.24, 2.45) is 10.9 Å². The molecule has 1 amide bonds. The molecule has 0 aromatic carbocycles. The number of carboxylic acid groups (broad SMARTS) is 1. The van der Waals surface area contributed by atoms with E-state index >= 15 is 0 Å². The third kappa shape index (κ3) is 3.02. The number of rotatable bonds is 2. The molecule has 0 aliphatic carbocycles. The molecule has 1 saturated heterocycles. The minimum absolute atomic E-state index is 0.284. The van der Waals surface area contributed by atoms with Crippen LogP contribution in [0.1, 0.15) is 18.6 Å². The fraction of sp³-hybridized carbons (Fsp3) is 0.357. The summed E-state index contributed by atoms with van der Waals surface area (Å²) in [5.41, 5.74) is 0. The van der Waals surface area contributed by atoms with Gasteiger partial charge in [-0.3, -0.25) is 4.79 Å². The van der Waals surface area contributed by atoms with Crippen molar-refractivity contribution in [1.82, 2.24) is 4.90 Å². The van der Waals surface area contributed by atoms with E-state index in [9.17, 15) is 14.7 Å². The number of likely N-dealkylation sites (tertiary alicyclic amines) is 1. The second-order valence-electron chi connectivity index (χ2n) is 4.91. The van der Waals surface area contributed by atoms with Gasteiger partial charge in [-0.05, 0) is 36.7 Å². The summed E-state index contributed by atoms with van der Waals surface area (Å²) in [6, 6.07) is 3.52. The number of piperidine rings is 1. The fourth-order valence-electron chi connectivity index (χ4n) is 2.34. The minimum Gasteiger partial charge on any atom is -0.550 e. The first-order valence-electron chi connectivity index (χ1n) is 6.65. The number of nitrogens with zero attached hydrogens (tertiary/aromatic N) is 2. The summed E-state index contributed by atoms with van der Waals surface area (Å²) >= 11 is 1.30. The summed E-state index contributed by atoms with van der Waals surface area (Å²) in [7, 11) is 0. The predicted octanol–water partition coefficient (Wildman–Crippen LogP) is 0.712. The first-order valence-corrected chi connectivity index (χ1v) is 7.47. The average molecular weight is 305 g/mol. The monoisotopic (exact) mass is 305 g/mol. The van der Waals surface area contributed by atoms with E-state index in [0.717, 1.165) is 0 Å². The number of thioether (sulfide) groups is 1. The summed E-state index contributed by atoms with van der Waals surface area (Å²) in [6.07, 6.45) is 4.25.